The van der Waals surface area contributed by atoms with Gasteiger partial charge in [0.15, 0.2) is 0 Å². The fourth-order valence-electron chi connectivity index (χ4n) is 3.46. The monoisotopic (exact) mass is 379 g/mol. The molecule has 1 aromatic carbocycles. The zero-order chi connectivity index (χ0) is 14.5. The van der Waals surface area contributed by atoms with Crippen LogP contribution in [0.2, 0.25) is 0 Å². The highest BCUT2D eigenvalue weighted by Crippen LogP contribution is 2.44. The van der Waals surface area contributed by atoms with E-state index in [0.717, 1.165) is 6.42 Å². The summed E-state index contributed by atoms with van der Waals surface area (Å²) in [7, 11) is 0. The van der Waals surface area contributed by atoms with Crippen LogP contribution in [0.3, 0.4) is 0 Å². The van der Waals surface area contributed by atoms with Crippen LogP contribution in [0.25, 0.3) is 0 Å². The predicted octanol–water partition coefficient (Wildman–Crippen LogP) is 5.67. The van der Waals surface area contributed by atoms with E-state index in [9.17, 15) is 0 Å². The van der Waals surface area contributed by atoms with Crippen molar-refractivity contribution in [1.29, 1.82) is 5.26 Å². The molecule has 1 aliphatic rings. The van der Waals surface area contributed by atoms with Crippen LogP contribution in [0.5, 0.6) is 0 Å². The maximum Gasteiger partial charge on any atom is 0.0621 e. The molecule has 1 aromatic rings. The van der Waals surface area contributed by atoms with Crippen LogP contribution >= 0.6 is 22.6 Å². The lowest BCUT2D eigenvalue weighted by atomic mass is 9.68. The minimum absolute atomic E-state index is 0.585. The number of halogens is 1. The van der Waals surface area contributed by atoms with Crippen LogP contribution in [-0.4, -0.2) is 0 Å². The Bertz CT molecular complexity index is 497. The van der Waals surface area contributed by atoms with E-state index in [1.54, 1.807) is 0 Å². The molecule has 2 heteroatoms. The number of nitrogens with zero attached hydrogens (tertiary/aromatic N) is 1. The quantitative estimate of drug-likeness (QED) is 0.488. The minimum atomic E-state index is 0.585. The number of nitriles is 1. The Kier molecular flexibility index (Phi) is 5.65. The highest BCUT2D eigenvalue weighted by Gasteiger charge is 2.31. The number of hydrogen-bond donors (Lipinski definition) is 0. The summed E-state index contributed by atoms with van der Waals surface area (Å²) >= 11 is 2.35. The van der Waals surface area contributed by atoms with Gasteiger partial charge in [-0.3, -0.25) is 0 Å². The van der Waals surface area contributed by atoms with Crippen LogP contribution in [0, 0.1) is 26.7 Å². The van der Waals surface area contributed by atoms with E-state index < -0.39 is 0 Å². The van der Waals surface area contributed by atoms with Gasteiger partial charge in [-0.05, 0) is 90.6 Å². The first-order valence-electron chi connectivity index (χ1n) is 7.39. The van der Waals surface area contributed by atoms with Gasteiger partial charge in [0.2, 0.25) is 0 Å². The minimum Gasteiger partial charge on any atom is -0.198 e. The molecule has 0 spiro atoms. The first-order chi connectivity index (χ1) is 9.61. The molecule has 0 aliphatic heterocycles. The molecule has 0 heterocycles. The summed E-state index contributed by atoms with van der Waals surface area (Å²) in [6.07, 6.45) is 5.43. The van der Waals surface area contributed by atoms with Gasteiger partial charge in [0.25, 0.3) is 0 Å². The van der Waals surface area contributed by atoms with Gasteiger partial charge >= 0.3 is 0 Å². The van der Waals surface area contributed by atoms with E-state index in [1.165, 1.54) is 34.0 Å². The Hall–Kier alpha value is -0.820. The van der Waals surface area contributed by atoms with Crippen molar-refractivity contribution in [2.75, 3.05) is 0 Å². The SMILES string of the molecule is C=C(C)[C@@H]1CCC(CCC#N)C[C@H]1c1ccc(I)cc1. The Labute approximate surface area is 136 Å². The Morgan fingerprint density at radius 1 is 1.35 bits per heavy atom. The van der Waals surface area contributed by atoms with E-state index >= 15 is 0 Å². The normalized spacial score (nSPS) is 25.9. The number of benzene rings is 1. The second-order valence-electron chi connectivity index (χ2n) is 5.99. The van der Waals surface area contributed by atoms with Gasteiger partial charge in [-0.1, -0.05) is 24.3 Å². The molecule has 0 saturated heterocycles. The lowest BCUT2D eigenvalue weighted by molar-refractivity contribution is 0.253. The number of hydrogen-bond acceptors (Lipinski definition) is 1. The van der Waals surface area contributed by atoms with Gasteiger partial charge in [0.05, 0.1) is 6.07 Å². The number of rotatable bonds is 4. The molecule has 1 aliphatic carbocycles. The molecule has 0 amide bonds. The fourth-order valence-corrected chi connectivity index (χ4v) is 3.82. The second kappa shape index (κ2) is 7.26. The van der Waals surface area contributed by atoms with Crippen molar-refractivity contribution in [2.45, 2.75) is 44.9 Å². The van der Waals surface area contributed by atoms with Gasteiger partial charge in [-0.15, -0.1) is 0 Å². The largest absolute Gasteiger partial charge is 0.198 e. The Morgan fingerprint density at radius 2 is 2.05 bits per heavy atom. The highest BCUT2D eigenvalue weighted by molar-refractivity contribution is 14.1. The van der Waals surface area contributed by atoms with Crippen LogP contribution in [-0.2, 0) is 0 Å². The van der Waals surface area contributed by atoms with Crippen LogP contribution in [0.4, 0.5) is 0 Å². The van der Waals surface area contributed by atoms with Gasteiger partial charge in [-0.25, -0.2) is 0 Å². The summed E-state index contributed by atoms with van der Waals surface area (Å²) in [6, 6.07) is 11.2. The second-order valence-corrected chi connectivity index (χ2v) is 7.23. The molecule has 106 valence electrons. The Morgan fingerprint density at radius 3 is 2.65 bits per heavy atom. The Balaban J connectivity index is 2.16. The van der Waals surface area contributed by atoms with Gasteiger partial charge in [0, 0.05) is 9.99 Å². The summed E-state index contributed by atoms with van der Waals surface area (Å²) in [5.41, 5.74) is 2.76. The van der Waals surface area contributed by atoms with Crippen molar-refractivity contribution in [3.05, 3.63) is 45.6 Å². The maximum atomic E-state index is 8.79. The summed E-state index contributed by atoms with van der Waals surface area (Å²) in [6.45, 7) is 6.37. The number of allylic oxidation sites excluding steroid dienone is 1. The van der Waals surface area contributed by atoms with E-state index in [-0.39, 0.29) is 0 Å². The van der Waals surface area contributed by atoms with Crippen molar-refractivity contribution < 1.29 is 0 Å². The molecule has 1 saturated carbocycles. The van der Waals surface area contributed by atoms with E-state index in [2.05, 4.69) is 66.4 Å². The molecule has 3 atom stereocenters. The highest BCUT2D eigenvalue weighted by atomic mass is 127. The molecule has 1 nitrogen and oxygen atoms in total. The summed E-state index contributed by atoms with van der Waals surface area (Å²) in [4.78, 5) is 0. The van der Waals surface area contributed by atoms with Crippen molar-refractivity contribution >= 4 is 22.6 Å². The van der Waals surface area contributed by atoms with E-state index in [0.29, 0.717) is 24.2 Å². The van der Waals surface area contributed by atoms with Crippen molar-refractivity contribution in [3.8, 4) is 6.07 Å². The third-order valence-electron chi connectivity index (χ3n) is 4.55. The lowest BCUT2D eigenvalue weighted by Gasteiger charge is -2.37. The third-order valence-corrected chi connectivity index (χ3v) is 5.27. The molecule has 2 rings (SSSR count). The predicted molar refractivity (Wildman–Crippen MR) is 92.4 cm³/mol. The molecular formula is C18H22IN. The fraction of sp³-hybridized carbons (Fsp3) is 0.500. The molecule has 0 aromatic heterocycles. The summed E-state index contributed by atoms with van der Waals surface area (Å²) < 4.78 is 1.29. The zero-order valence-corrected chi connectivity index (χ0v) is 14.3. The van der Waals surface area contributed by atoms with Gasteiger partial charge in [0.1, 0.15) is 0 Å². The van der Waals surface area contributed by atoms with Gasteiger partial charge in [-0.2, -0.15) is 5.26 Å². The van der Waals surface area contributed by atoms with E-state index in [1.807, 2.05) is 0 Å². The van der Waals surface area contributed by atoms with Crippen molar-refractivity contribution in [1.82, 2.24) is 0 Å². The lowest BCUT2D eigenvalue weighted by Crippen LogP contribution is -2.24. The van der Waals surface area contributed by atoms with Crippen molar-refractivity contribution in [3.63, 3.8) is 0 Å². The average molecular weight is 379 g/mol. The van der Waals surface area contributed by atoms with Crippen LogP contribution < -0.4 is 0 Å². The first kappa shape index (κ1) is 15.6. The van der Waals surface area contributed by atoms with E-state index in [4.69, 9.17) is 5.26 Å². The molecule has 0 N–H and O–H groups in total. The van der Waals surface area contributed by atoms with Crippen LogP contribution in [0.15, 0.2) is 36.4 Å². The molecule has 20 heavy (non-hydrogen) atoms. The first-order valence-corrected chi connectivity index (χ1v) is 8.47. The molecule has 0 bridgehead atoms. The molecular weight excluding hydrogens is 357 g/mol. The van der Waals surface area contributed by atoms with Gasteiger partial charge < -0.3 is 0 Å². The van der Waals surface area contributed by atoms with Crippen LogP contribution in [0.1, 0.15) is 50.5 Å². The standard InChI is InChI=1S/C18H22IN/c1-13(2)17-10-5-14(4-3-11-20)12-18(17)15-6-8-16(19)9-7-15/h6-9,14,17-18H,1,3-5,10,12H2,2H3/t14?,17-,18-/m0/s1. The average Bonchev–Trinajstić information content (AvgIpc) is 2.45. The zero-order valence-electron chi connectivity index (χ0n) is 12.1. The summed E-state index contributed by atoms with van der Waals surface area (Å²) in [5.74, 6) is 1.89. The molecule has 1 unspecified atom stereocenters. The maximum absolute atomic E-state index is 8.79. The molecule has 1 fully saturated rings. The summed E-state index contributed by atoms with van der Waals surface area (Å²) in [5, 5.41) is 8.79. The molecule has 0 radical (unpaired) electrons. The topological polar surface area (TPSA) is 23.8 Å². The smallest absolute Gasteiger partial charge is 0.0621 e. The third kappa shape index (κ3) is 3.85. The van der Waals surface area contributed by atoms with Crippen molar-refractivity contribution in [2.24, 2.45) is 11.8 Å².